The Morgan fingerprint density at radius 3 is 0.812 bits per heavy atom. The summed E-state index contributed by atoms with van der Waals surface area (Å²) in [6.45, 7) is -2.45. The predicted molar refractivity (Wildman–Crippen MR) is 84.3 cm³/mol. The van der Waals surface area contributed by atoms with Crippen molar-refractivity contribution < 1.29 is 53.5 Å². The number of carbonyl (C=O) groups is 2. The lowest BCUT2D eigenvalue weighted by Crippen LogP contribution is -2.51. The fraction of sp³-hybridized carbons (Fsp3) is 0.222. The molecule has 1 aliphatic heterocycles. The number of benzene rings is 2. The zero-order valence-electron chi connectivity index (χ0n) is 15.3. The van der Waals surface area contributed by atoms with Gasteiger partial charge in [-0.05, 0) is 0 Å². The van der Waals surface area contributed by atoms with Crippen LogP contribution < -0.4 is 0 Å². The Labute approximate surface area is 171 Å². The molecule has 14 heteroatoms. The van der Waals surface area contributed by atoms with Crippen molar-refractivity contribution in [2.24, 2.45) is 0 Å². The van der Waals surface area contributed by atoms with Crippen molar-refractivity contribution in [1.82, 2.24) is 9.80 Å². The maximum atomic E-state index is 13.8. The van der Waals surface area contributed by atoms with Crippen molar-refractivity contribution in [3.05, 3.63) is 69.3 Å². The molecule has 2 aromatic carbocycles. The van der Waals surface area contributed by atoms with E-state index in [9.17, 15) is 53.5 Å². The SMILES string of the molecule is O=C(c1c(F)c(F)c(F)c(F)c1F)N1CCN(C(=O)c2c(F)c(F)c(F)c(F)c2F)CC1. The summed E-state index contributed by atoms with van der Waals surface area (Å²) in [6, 6.07) is 0. The van der Waals surface area contributed by atoms with Gasteiger partial charge < -0.3 is 9.80 Å². The highest BCUT2D eigenvalue weighted by molar-refractivity contribution is 5.96. The normalized spacial score (nSPS) is 14.2. The molecule has 0 unspecified atom stereocenters. The molecule has 0 aromatic heterocycles. The van der Waals surface area contributed by atoms with Gasteiger partial charge in [0, 0.05) is 26.2 Å². The Balaban J connectivity index is 1.83. The van der Waals surface area contributed by atoms with Gasteiger partial charge in [-0.25, -0.2) is 43.9 Å². The number of hydrogen-bond acceptors (Lipinski definition) is 2. The van der Waals surface area contributed by atoms with Gasteiger partial charge in [0.15, 0.2) is 46.5 Å². The number of piperazine rings is 1. The van der Waals surface area contributed by atoms with Crippen LogP contribution >= 0.6 is 0 Å². The van der Waals surface area contributed by atoms with Crippen LogP contribution in [0, 0.1) is 58.2 Å². The molecule has 1 aliphatic rings. The Kier molecular flexibility index (Phi) is 6.07. The number of hydrogen-bond donors (Lipinski definition) is 0. The van der Waals surface area contributed by atoms with Crippen molar-refractivity contribution in [3.63, 3.8) is 0 Å². The van der Waals surface area contributed by atoms with Gasteiger partial charge in [0.25, 0.3) is 11.8 Å². The highest BCUT2D eigenvalue weighted by Crippen LogP contribution is 2.26. The van der Waals surface area contributed by atoms with Crippen LogP contribution in [0.5, 0.6) is 0 Å². The lowest BCUT2D eigenvalue weighted by Gasteiger charge is -2.35. The second-order valence-electron chi connectivity index (χ2n) is 6.47. The molecule has 0 radical (unpaired) electrons. The van der Waals surface area contributed by atoms with E-state index in [1.54, 1.807) is 0 Å². The second-order valence-corrected chi connectivity index (χ2v) is 6.47. The molecule has 1 fully saturated rings. The molecule has 0 N–H and O–H groups in total. The van der Waals surface area contributed by atoms with Crippen molar-refractivity contribution in [3.8, 4) is 0 Å². The van der Waals surface area contributed by atoms with Gasteiger partial charge >= 0.3 is 0 Å². The van der Waals surface area contributed by atoms with Gasteiger partial charge in [0.1, 0.15) is 11.1 Å². The summed E-state index contributed by atoms with van der Waals surface area (Å²) >= 11 is 0. The first-order valence-electron chi connectivity index (χ1n) is 8.51. The minimum absolute atomic E-state index is 0.584. The fourth-order valence-electron chi connectivity index (χ4n) is 3.01. The molecule has 0 saturated carbocycles. The third-order valence-corrected chi connectivity index (χ3v) is 4.70. The molecular weight excluding hydrogens is 466 g/mol. The highest BCUT2D eigenvalue weighted by Gasteiger charge is 2.36. The number of rotatable bonds is 2. The molecule has 2 aromatic rings. The van der Waals surface area contributed by atoms with Crippen LogP contribution in [-0.2, 0) is 0 Å². The molecular formula is C18H8F10N2O2. The molecule has 2 amide bonds. The van der Waals surface area contributed by atoms with Crippen LogP contribution in [-0.4, -0.2) is 47.8 Å². The quantitative estimate of drug-likeness (QED) is 0.379. The van der Waals surface area contributed by atoms with E-state index in [1.165, 1.54) is 0 Å². The van der Waals surface area contributed by atoms with Crippen molar-refractivity contribution in [1.29, 1.82) is 0 Å². The average molecular weight is 474 g/mol. The number of amides is 2. The molecule has 172 valence electrons. The summed E-state index contributed by atoms with van der Waals surface area (Å²) in [5, 5.41) is 0. The summed E-state index contributed by atoms with van der Waals surface area (Å²) < 4.78 is 135. The summed E-state index contributed by atoms with van der Waals surface area (Å²) in [5.41, 5.74) is -3.50. The summed E-state index contributed by atoms with van der Waals surface area (Å²) in [4.78, 5) is 25.7. The first kappa shape index (κ1) is 23.3. The number of nitrogens with zero attached hydrogens (tertiary/aromatic N) is 2. The Bertz CT molecular complexity index is 998. The molecule has 0 bridgehead atoms. The van der Waals surface area contributed by atoms with Crippen molar-refractivity contribution >= 4 is 11.8 Å². The summed E-state index contributed by atoms with van der Waals surface area (Å²) in [7, 11) is 0. The predicted octanol–water partition coefficient (Wildman–Crippen LogP) is 3.68. The zero-order valence-corrected chi connectivity index (χ0v) is 15.3. The lowest BCUT2D eigenvalue weighted by molar-refractivity contribution is 0.0521. The van der Waals surface area contributed by atoms with Gasteiger partial charge in [0.05, 0.1) is 0 Å². The topological polar surface area (TPSA) is 40.6 Å². The van der Waals surface area contributed by atoms with Crippen LogP contribution in [0.3, 0.4) is 0 Å². The zero-order chi connectivity index (χ0) is 24.1. The molecule has 1 heterocycles. The molecule has 1 saturated heterocycles. The fourth-order valence-corrected chi connectivity index (χ4v) is 3.01. The number of halogens is 10. The van der Waals surface area contributed by atoms with Crippen LogP contribution in [0.25, 0.3) is 0 Å². The molecule has 4 nitrogen and oxygen atoms in total. The molecule has 0 atom stereocenters. The van der Waals surface area contributed by atoms with Crippen molar-refractivity contribution in [2.45, 2.75) is 0 Å². The van der Waals surface area contributed by atoms with Gasteiger partial charge in [-0.15, -0.1) is 0 Å². The molecule has 32 heavy (non-hydrogen) atoms. The van der Waals surface area contributed by atoms with Gasteiger partial charge in [0.2, 0.25) is 11.6 Å². The maximum Gasteiger partial charge on any atom is 0.260 e. The van der Waals surface area contributed by atoms with E-state index in [4.69, 9.17) is 0 Å². The second kappa shape index (κ2) is 8.31. The average Bonchev–Trinajstić information content (AvgIpc) is 2.79. The van der Waals surface area contributed by atoms with E-state index in [2.05, 4.69) is 0 Å². The first-order valence-corrected chi connectivity index (χ1v) is 8.51. The maximum absolute atomic E-state index is 13.8. The highest BCUT2D eigenvalue weighted by atomic mass is 19.2. The van der Waals surface area contributed by atoms with E-state index in [0.717, 1.165) is 0 Å². The molecule has 0 spiro atoms. The van der Waals surface area contributed by atoms with Crippen LogP contribution in [0.2, 0.25) is 0 Å². The standard InChI is InChI=1S/C18H8F10N2O2/c19-7-5(8(20)12(24)15(27)11(7)23)17(31)29-1-2-30(4-3-29)18(32)6-9(21)13(25)16(28)14(26)10(6)22/h1-4H2. The van der Waals surface area contributed by atoms with E-state index < -0.39 is 107 Å². The van der Waals surface area contributed by atoms with Crippen LogP contribution in [0.4, 0.5) is 43.9 Å². The van der Waals surface area contributed by atoms with Gasteiger partial charge in [-0.1, -0.05) is 0 Å². The Hall–Kier alpha value is -3.32. The van der Waals surface area contributed by atoms with Crippen LogP contribution in [0.15, 0.2) is 0 Å². The minimum atomic E-state index is -2.48. The Morgan fingerprint density at radius 1 is 0.406 bits per heavy atom. The summed E-state index contributed by atoms with van der Waals surface area (Å²) in [5.74, 6) is -27.2. The Morgan fingerprint density at radius 2 is 0.594 bits per heavy atom. The number of carbonyl (C=O) groups excluding carboxylic acids is 2. The van der Waals surface area contributed by atoms with Gasteiger partial charge in [-0.3, -0.25) is 9.59 Å². The van der Waals surface area contributed by atoms with Crippen LogP contribution in [0.1, 0.15) is 20.7 Å². The monoisotopic (exact) mass is 474 g/mol. The lowest BCUT2D eigenvalue weighted by atomic mass is 10.1. The molecule has 0 aliphatic carbocycles. The third-order valence-electron chi connectivity index (χ3n) is 4.70. The van der Waals surface area contributed by atoms with E-state index in [1.807, 2.05) is 0 Å². The largest absolute Gasteiger partial charge is 0.335 e. The molecule has 3 rings (SSSR count). The minimum Gasteiger partial charge on any atom is -0.335 e. The third kappa shape index (κ3) is 3.52. The van der Waals surface area contributed by atoms with Gasteiger partial charge in [-0.2, -0.15) is 0 Å². The first-order chi connectivity index (χ1) is 14.9. The smallest absolute Gasteiger partial charge is 0.260 e. The van der Waals surface area contributed by atoms with Crippen molar-refractivity contribution in [2.75, 3.05) is 26.2 Å². The summed E-state index contributed by atoms with van der Waals surface area (Å²) in [6.07, 6.45) is 0. The van der Waals surface area contributed by atoms with E-state index >= 15 is 0 Å². The van der Waals surface area contributed by atoms with E-state index in [0.29, 0.717) is 9.80 Å². The van der Waals surface area contributed by atoms with E-state index in [-0.39, 0.29) is 0 Å².